The van der Waals surface area contributed by atoms with Gasteiger partial charge < -0.3 is 19.0 Å². The maximum Gasteiger partial charge on any atom is 0.453 e. The number of amides is 2. The number of carbonyl (C=O) groups is 4. The number of esters is 1. The van der Waals surface area contributed by atoms with Crippen molar-refractivity contribution in [3.8, 4) is 0 Å². The molecule has 10 nitrogen and oxygen atoms in total. The van der Waals surface area contributed by atoms with E-state index in [1.165, 1.54) is 0 Å². The minimum Gasteiger partial charge on any atom is -0.451 e. The Hall–Kier alpha value is -3.92. The fourth-order valence-corrected chi connectivity index (χ4v) is 2.40. The molecule has 2 aromatic carbocycles. The molecule has 32 heavy (non-hydrogen) atoms. The number of carbonyl (C=O) groups excluding carboxylic acids is 4. The fraction of sp³-hybridized carbons (Fsp3) is 0.190. The fourth-order valence-electron chi connectivity index (χ4n) is 2.23. The maximum atomic E-state index is 12.3. The van der Waals surface area contributed by atoms with Crippen LogP contribution in [0.3, 0.4) is 0 Å². The second-order valence-corrected chi connectivity index (χ2v) is 6.32. The van der Waals surface area contributed by atoms with Gasteiger partial charge in [0.05, 0.1) is 20.0 Å². The third kappa shape index (κ3) is 8.44. The van der Waals surface area contributed by atoms with Gasteiger partial charge in [-0.25, -0.2) is 14.4 Å². The van der Waals surface area contributed by atoms with Crippen molar-refractivity contribution in [3.63, 3.8) is 0 Å². The minimum atomic E-state index is -1.35. The van der Waals surface area contributed by atoms with E-state index in [0.29, 0.717) is 11.1 Å². The van der Waals surface area contributed by atoms with Crippen molar-refractivity contribution >= 4 is 41.0 Å². The SMILES string of the molecule is COC(=O)N=C(Cl)N(OC(=O)Cc1ccccc1)C(=O)OCOC(=O)Cc1ccccc1. The van der Waals surface area contributed by atoms with Gasteiger partial charge in [0.25, 0.3) is 5.29 Å². The molecule has 0 heterocycles. The molecule has 168 valence electrons. The predicted octanol–water partition coefficient (Wildman–Crippen LogP) is 3.23. The van der Waals surface area contributed by atoms with Gasteiger partial charge in [-0.05, 0) is 22.7 Å². The Morgan fingerprint density at radius 1 is 0.844 bits per heavy atom. The monoisotopic (exact) mass is 462 g/mol. The van der Waals surface area contributed by atoms with Crippen LogP contribution in [0.5, 0.6) is 0 Å². The Labute approximate surface area is 188 Å². The number of benzene rings is 2. The van der Waals surface area contributed by atoms with E-state index in [0.717, 1.165) is 7.11 Å². The molecule has 0 atom stereocenters. The Bertz CT molecular complexity index is 966. The normalized spacial score (nSPS) is 10.6. The molecule has 0 unspecified atom stereocenters. The quantitative estimate of drug-likeness (QED) is 0.160. The molecule has 2 rings (SSSR count). The first kappa shape index (κ1) is 24.4. The molecule has 11 heteroatoms. The van der Waals surface area contributed by atoms with E-state index in [4.69, 9.17) is 25.9 Å². The Morgan fingerprint density at radius 3 is 1.91 bits per heavy atom. The number of rotatable bonds is 6. The average molecular weight is 463 g/mol. The number of ether oxygens (including phenoxy) is 3. The van der Waals surface area contributed by atoms with E-state index in [2.05, 4.69) is 9.73 Å². The minimum absolute atomic E-state index is 0.0429. The lowest BCUT2D eigenvalue weighted by Gasteiger charge is -2.18. The van der Waals surface area contributed by atoms with E-state index in [-0.39, 0.29) is 17.9 Å². The van der Waals surface area contributed by atoms with Gasteiger partial charge in [0.2, 0.25) is 6.79 Å². The summed E-state index contributed by atoms with van der Waals surface area (Å²) in [6, 6.07) is 17.3. The first-order valence-electron chi connectivity index (χ1n) is 9.12. The molecule has 0 spiro atoms. The molecule has 0 aromatic heterocycles. The molecule has 2 amide bonds. The van der Waals surface area contributed by atoms with Crippen molar-refractivity contribution in [2.45, 2.75) is 12.8 Å². The third-order valence-electron chi connectivity index (χ3n) is 3.67. The molecule has 0 bridgehead atoms. The van der Waals surface area contributed by atoms with Crippen LogP contribution < -0.4 is 0 Å². The average Bonchev–Trinajstić information content (AvgIpc) is 2.78. The van der Waals surface area contributed by atoms with Crippen molar-refractivity contribution in [1.29, 1.82) is 0 Å². The lowest BCUT2D eigenvalue weighted by Crippen LogP contribution is -2.38. The van der Waals surface area contributed by atoms with Gasteiger partial charge in [0.15, 0.2) is 0 Å². The molecule has 0 fully saturated rings. The van der Waals surface area contributed by atoms with Crippen molar-refractivity contribution in [1.82, 2.24) is 5.06 Å². The Morgan fingerprint density at radius 2 is 1.38 bits per heavy atom. The molecular formula is C21H19ClN2O8. The number of hydrogen-bond donors (Lipinski definition) is 0. The van der Waals surface area contributed by atoms with Crippen LogP contribution in [0.2, 0.25) is 0 Å². The van der Waals surface area contributed by atoms with Crippen LogP contribution in [0.4, 0.5) is 9.59 Å². The summed E-state index contributed by atoms with van der Waals surface area (Å²) in [5, 5.41) is -0.701. The van der Waals surface area contributed by atoms with Gasteiger partial charge in [-0.15, -0.1) is 4.99 Å². The van der Waals surface area contributed by atoms with Crippen LogP contribution in [0.15, 0.2) is 65.7 Å². The highest BCUT2D eigenvalue weighted by atomic mass is 35.5. The lowest BCUT2D eigenvalue weighted by molar-refractivity contribution is -0.171. The zero-order chi connectivity index (χ0) is 23.3. The molecule has 0 aliphatic heterocycles. The Kier molecular flexibility index (Phi) is 9.67. The largest absolute Gasteiger partial charge is 0.453 e. The van der Waals surface area contributed by atoms with E-state index in [1.807, 2.05) is 0 Å². The highest BCUT2D eigenvalue weighted by molar-refractivity contribution is 6.66. The molecule has 0 aliphatic rings. The summed E-state index contributed by atoms with van der Waals surface area (Å²) in [6.45, 7) is -0.792. The first-order chi connectivity index (χ1) is 15.4. The topological polar surface area (TPSA) is 121 Å². The number of nitrogens with zero attached hydrogens (tertiary/aromatic N) is 2. The second-order valence-electron chi connectivity index (χ2n) is 5.98. The summed E-state index contributed by atoms with van der Waals surface area (Å²) in [4.78, 5) is 55.8. The van der Waals surface area contributed by atoms with E-state index in [9.17, 15) is 19.2 Å². The maximum absolute atomic E-state index is 12.3. The molecule has 0 saturated carbocycles. The predicted molar refractivity (Wildman–Crippen MR) is 111 cm³/mol. The van der Waals surface area contributed by atoms with Crippen LogP contribution in [-0.2, 0) is 41.5 Å². The summed E-state index contributed by atoms with van der Waals surface area (Å²) in [5.41, 5.74) is 1.30. The highest BCUT2D eigenvalue weighted by Crippen LogP contribution is 2.08. The molecule has 0 N–H and O–H groups in total. The van der Waals surface area contributed by atoms with Gasteiger partial charge in [-0.1, -0.05) is 65.7 Å². The summed E-state index contributed by atoms with van der Waals surface area (Å²) in [5.74, 6) is -1.56. The molecule has 0 saturated heterocycles. The van der Waals surface area contributed by atoms with Gasteiger partial charge in [-0.2, -0.15) is 0 Å². The number of aliphatic imine (C=N–C) groups is 1. The van der Waals surface area contributed by atoms with Gasteiger partial charge in [0, 0.05) is 0 Å². The van der Waals surface area contributed by atoms with Crippen LogP contribution in [0.25, 0.3) is 0 Å². The summed E-state index contributed by atoms with van der Waals surface area (Å²) in [7, 11) is 1.03. The van der Waals surface area contributed by atoms with Crippen molar-refractivity contribution in [2.75, 3.05) is 13.9 Å². The van der Waals surface area contributed by atoms with E-state index < -0.39 is 36.2 Å². The van der Waals surface area contributed by atoms with Gasteiger partial charge in [0.1, 0.15) is 0 Å². The van der Waals surface area contributed by atoms with E-state index in [1.54, 1.807) is 60.7 Å². The molecule has 2 aromatic rings. The van der Waals surface area contributed by atoms with Crippen LogP contribution in [-0.4, -0.2) is 48.4 Å². The molecule has 0 aliphatic carbocycles. The van der Waals surface area contributed by atoms with E-state index >= 15 is 0 Å². The highest BCUT2D eigenvalue weighted by Gasteiger charge is 2.27. The lowest BCUT2D eigenvalue weighted by atomic mass is 10.2. The third-order valence-corrected chi connectivity index (χ3v) is 3.91. The van der Waals surface area contributed by atoms with Crippen LogP contribution in [0.1, 0.15) is 11.1 Å². The number of methoxy groups -OCH3 is 1. The number of hydroxylamine groups is 2. The summed E-state index contributed by atoms with van der Waals surface area (Å²) in [6.07, 6.45) is -2.75. The van der Waals surface area contributed by atoms with Crippen LogP contribution >= 0.6 is 11.6 Å². The van der Waals surface area contributed by atoms with Gasteiger partial charge in [-0.3, -0.25) is 4.79 Å². The first-order valence-corrected chi connectivity index (χ1v) is 9.50. The van der Waals surface area contributed by atoms with Gasteiger partial charge >= 0.3 is 24.1 Å². The number of halogens is 1. The van der Waals surface area contributed by atoms with Crippen LogP contribution in [0, 0.1) is 0 Å². The number of amidine groups is 1. The zero-order valence-electron chi connectivity index (χ0n) is 16.9. The van der Waals surface area contributed by atoms with Crippen molar-refractivity contribution in [2.24, 2.45) is 4.99 Å². The number of hydrogen-bond acceptors (Lipinski definition) is 8. The summed E-state index contributed by atoms with van der Waals surface area (Å²) >= 11 is 5.80. The molecule has 0 radical (unpaired) electrons. The zero-order valence-corrected chi connectivity index (χ0v) is 17.7. The standard InChI is InChI=1S/C21H19ClN2O8/c1-29-20(27)23-19(22)24(32-18(26)13-16-10-6-3-7-11-16)21(28)31-14-30-17(25)12-15-8-4-2-5-9-15/h2-11H,12-14H2,1H3. The van der Waals surface area contributed by atoms with Crippen molar-refractivity contribution < 1.29 is 38.2 Å². The summed E-state index contributed by atoms with van der Waals surface area (Å²) < 4.78 is 13.9. The molecular weight excluding hydrogens is 444 g/mol. The van der Waals surface area contributed by atoms with Crippen molar-refractivity contribution in [3.05, 3.63) is 71.8 Å². The Balaban J connectivity index is 1.96. The smallest absolute Gasteiger partial charge is 0.451 e. The second kappa shape index (κ2) is 12.7.